The summed E-state index contributed by atoms with van der Waals surface area (Å²) in [6, 6.07) is 14.7. The number of sulfonamides is 1. The van der Waals surface area contributed by atoms with Gasteiger partial charge in [0.05, 0.1) is 6.26 Å². The highest BCUT2D eigenvalue weighted by molar-refractivity contribution is 7.92. The molecule has 0 bridgehead atoms. The summed E-state index contributed by atoms with van der Waals surface area (Å²) in [5.41, 5.74) is 3.01. The minimum Gasteiger partial charge on any atom is -0.372 e. The van der Waals surface area contributed by atoms with Crippen molar-refractivity contribution in [1.82, 2.24) is 4.90 Å². The fourth-order valence-electron chi connectivity index (χ4n) is 2.90. The van der Waals surface area contributed by atoms with Crippen LogP contribution in [-0.4, -0.2) is 45.6 Å². The summed E-state index contributed by atoms with van der Waals surface area (Å²) in [5, 5.41) is 0. The van der Waals surface area contributed by atoms with Gasteiger partial charge in [-0.2, -0.15) is 0 Å². The fourth-order valence-corrected chi connectivity index (χ4v) is 3.45. The third kappa shape index (κ3) is 5.99. The lowest BCUT2D eigenvalue weighted by atomic mass is 10.1. The Morgan fingerprint density at radius 2 is 1.67 bits per heavy atom. The second-order valence-corrected chi connectivity index (χ2v) is 8.20. The van der Waals surface area contributed by atoms with E-state index in [1.807, 2.05) is 12.1 Å². The highest BCUT2D eigenvalue weighted by atomic mass is 32.2. The van der Waals surface area contributed by atoms with Crippen LogP contribution in [0.25, 0.3) is 0 Å². The molecule has 0 atom stereocenters. The zero-order chi connectivity index (χ0) is 20.0. The lowest BCUT2D eigenvalue weighted by molar-refractivity contribution is 0.0785. The van der Waals surface area contributed by atoms with E-state index < -0.39 is 10.0 Å². The van der Waals surface area contributed by atoms with Crippen LogP contribution in [0.2, 0.25) is 0 Å². The van der Waals surface area contributed by atoms with Crippen LogP contribution in [-0.2, 0) is 16.6 Å². The average molecular weight is 390 g/mol. The van der Waals surface area contributed by atoms with Crippen molar-refractivity contribution in [2.24, 2.45) is 0 Å². The van der Waals surface area contributed by atoms with Gasteiger partial charge in [0.15, 0.2) is 0 Å². The summed E-state index contributed by atoms with van der Waals surface area (Å²) in [6.07, 6.45) is 1.08. The number of carbonyl (C=O) groups is 1. The first-order chi connectivity index (χ1) is 12.7. The number of benzene rings is 2. The van der Waals surface area contributed by atoms with Gasteiger partial charge in [0.2, 0.25) is 10.0 Å². The first kappa shape index (κ1) is 20.8. The Morgan fingerprint density at radius 3 is 2.22 bits per heavy atom. The van der Waals surface area contributed by atoms with Gasteiger partial charge in [-0.3, -0.25) is 9.52 Å². The monoisotopic (exact) mass is 389 g/mol. The molecule has 2 aromatic rings. The number of hydrogen-bond donors (Lipinski definition) is 1. The molecule has 1 amide bonds. The lowest BCUT2D eigenvalue weighted by Crippen LogP contribution is -2.26. The smallest absolute Gasteiger partial charge is 0.253 e. The van der Waals surface area contributed by atoms with Gasteiger partial charge in [0.1, 0.15) is 0 Å². The first-order valence-electron chi connectivity index (χ1n) is 8.90. The Kier molecular flexibility index (Phi) is 6.85. The van der Waals surface area contributed by atoms with Crippen molar-refractivity contribution in [3.8, 4) is 0 Å². The van der Waals surface area contributed by atoms with Crippen molar-refractivity contribution < 1.29 is 13.2 Å². The first-order valence-corrected chi connectivity index (χ1v) is 10.8. The van der Waals surface area contributed by atoms with Crippen molar-refractivity contribution in [2.75, 3.05) is 36.0 Å². The molecule has 0 unspecified atom stereocenters. The summed E-state index contributed by atoms with van der Waals surface area (Å²) in [6.45, 7) is 6.62. The van der Waals surface area contributed by atoms with Crippen LogP contribution in [0.15, 0.2) is 48.5 Å². The highest BCUT2D eigenvalue weighted by Crippen LogP contribution is 2.18. The van der Waals surface area contributed by atoms with Crippen LogP contribution >= 0.6 is 0 Å². The zero-order valence-electron chi connectivity index (χ0n) is 16.3. The molecule has 0 heterocycles. The number of anilines is 2. The van der Waals surface area contributed by atoms with Crippen molar-refractivity contribution in [2.45, 2.75) is 20.4 Å². The lowest BCUT2D eigenvalue weighted by Gasteiger charge is -2.22. The Hall–Kier alpha value is -2.54. The summed E-state index contributed by atoms with van der Waals surface area (Å²) >= 11 is 0. The molecule has 0 aliphatic heterocycles. The molecular weight excluding hydrogens is 362 g/mol. The molecular formula is C20H27N3O3S. The van der Waals surface area contributed by atoms with E-state index in [4.69, 9.17) is 0 Å². The molecule has 0 aliphatic rings. The number of nitrogens with one attached hydrogen (secondary N) is 1. The minimum atomic E-state index is -3.38. The van der Waals surface area contributed by atoms with Crippen LogP contribution < -0.4 is 9.62 Å². The molecule has 0 spiro atoms. The Bertz CT molecular complexity index is 876. The average Bonchev–Trinajstić information content (AvgIpc) is 2.62. The highest BCUT2D eigenvalue weighted by Gasteiger charge is 2.14. The topological polar surface area (TPSA) is 69.7 Å². The summed E-state index contributed by atoms with van der Waals surface area (Å²) in [4.78, 5) is 16.6. The van der Waals surface area contributed by atoms with Gasteiger partial charge in [-0.05, 0) is 49.7 Å². The van der Waals surface area contributed by atoms with Gasteiger partial charge in [-0.1, -0.05) is 18.2 Å². The molecule has 1 N–H and O–H groups in total. The standard InChI is InChI=1S/C20H27N3O3S/c1-5-23(6-2)19-12-10-16(11-13-19)15-22(3)20(24)17-8-7-9-18(14-17)21-27(4,25)26/h7-14,21H,5-6,15H2,1-4H3. The van der Waals surface area contributed by atoms with Gasteiger partial charge in [0.25, 0.3) is 5.91 Å². The molecule has 0 saturated carbocycles. The van der Waals surface area contributed by atoms with E-state index in [1.165, 1.54) is 0 Å². The van der Waals surface area contributed by atoms with Gasteiger partial charge >= 0.3 is 0 Å². The van der Waals surface area contributed by atoms with Gasteiger partial charge < -0.3 is 9.80 Å². The summed E-state index contributed by atoms with van der Waals surface area (Å²) < 4.78 is 25.1. The van der Waals surface area contributed by atoms with E-state index in [0.29, 0.717) is 17.8 Å². The van der Waals surface area contributed by atoms with Crippen LogP contribution in [0.1, 0.15) is 29.8 Å². The quantitative estimate of drug-likeness (QED) is 0.753. The van der Waals surface area contributed by atoms with E-state index in [2.05, 4.69) is 35.6 Å². The van der Waals surface area contributed by atoms with E-state index in [-0.39, 0.29) is 5.91 Å². The SMILES string of the molecule is CCN(CC)c1ccc(CN(C)C(=O)c2cccc(NS(C)(=O)=O)c2)cc1. The Morgan fingerprint density at radius 1 is 1.04 bits per heavy atom. The maximum absolute atomic E-state index is 12.7. The molecule has 146 valence electrons. The Labute approximate surface area is 161 Å². The fraction of sp³-hybridized carbons (Fsp3) is 0.350. The van der Waals surface area contributed by atoms with Gasteiger partial charge in [-0.25, -0.2) is 8.42 Å². The molecule has 27 heavy (non-hydrogen) atoms. The zero-order valence-corrected chi connectivity index (χ0v) is 17.1. The number of nitrogens with zero attached hydrogens (tertiary/aromatic N) is 2. The molecule has 6 nitrogen and oxygen atoms in total. The molecule has 0 aliphatic carbocycles. The van der Waals surface area contributed by atoms with Crippen LogP contribution in [0.3, 0.4) is 0 Å². The molecule has 0 fully saturated rings. The van der Waals surface area contributed by atoms with Crippen LogP contribution in [0, 0.1) is 0 Å². The van der Waals surface area contributed by atoms with Gasteiger partial charge in [0, 0.05) is 43.6 Å². The van der Waals surface area contributed by atoms with Crippen molar-refractivity contribution in [1.29, 1.82) is 0 Å². The van der Waals surface area contributed by atoms with E-state index in [0.717, 1.165) is 30.6 Å². The van der Waals surface area contributed by atoms with E-state index >= 15 is 0 Å². The normalized spacial score (nSPS) is 11.1. The number of rotatable bonds is 8. The van der Waals surface area contributed by atoms with E-state index in [9.17, 15) is 13.2 Å². The Balaban J connectivity index is 2.08. The second kappa shape index (κ2) is 8.90. The third-order valence-electron chi connectivity index (χ3n) is 4.24. The molecule has 7 heteroatoms. The summed E-state index contributed by atoms with van der Waals surface area (Å²) in [7, 11) is -1.65. The van der Waals surface area contributed by atoms with Gasteiger partial charge in [-0.15, -0.1) is 0 Å². The van der Waals surface area contributed by atoms with Crippen LogP contribution in [0.5, 0.6) is 0 Å². The van der Waals surface area contributed by atoms with Crippen molar-refractivity contribution >= 4 is 27.3 Å². The maximum Gasteiger partial charge on any atom is 0.253 e. The summed E-state index contributed by atoms with van der Waals surface area (Å²) in [5.74, 6) is -0.167. The molecule has 0 aromatic heterocycles. The van der Waals surface area contributed by atoms with Crippen molar-refractivity contribution in [3.63, 3.8) is 0 Å². The second-order valence-electron chi connectivity index (χ2n) is 6.45. The number of hydrogen-bond acceptors (Lipinski definition) is 4. The number of amides is 1. The third-order valence-corrected chi connectivity index (χ3v) is 4.85. The van der Waals surface area contributed by atoms with E-state index in [1.54, 1.807) is 36.2 Å². The molecule has 0 radical (unpaired) electrons. The maximum atomic E-state index is 12.7. The minimum absolute atomic E-state index is 0.167. The molecule has 0 saturated heterocycles. The largest absolute Gasteiger partial charge is 0.372 e. The molecule has 2 rings (SSSR count). The van der Waals surface area contributed by atoms with Crippen LogP contribution in [0.4, 0.5) is 11.4 Å². The predicted octanol–water partition coefficient (Wildman–Crippen LogP) is 3.18. The van der Waals surface area contributed by atoms with Crippen molar-refractivity contribution in [3.05, 3.63) is 59.7 Å². The number of carbonyl (C=O) groups excluding carboxylic acids is 1. The predicted molar refractivity (Wildman–Crippen MR) is 111 cm³/mol. The molecule has 2 aromatic carbocycles.